The molecule has 1 aliphatic heterocycles. The molecule has 8 nitrogen and oxygen atoms in total. The van der Waals surface area contributed by atoms with E-state index in [1.54, 1.807) is 6.20 Å². The molecule has 4 heterocycles. The highest BCUT2D eigenvalue weighted by Crippen LogP contribution is 2.34. The van der Waals surface area contributed by atoms with Gasteiger partial charge in [0.25, 0.3) is 0 Å². The average molecular weight is 478 g/mol. The van der Waals surface area contributed by atoms with Crippen LogP contribution in [0, 0.1) is 11.6 Å². The number of aromatic nitrogens is 5. The predicted octanol–water partition coefficient (Wildman–Crippen LogP) is 3.27. The minimum Gasteiger partial charge on any atom is -0.378 e. The summed E-state index contributed by atoms with van der Waals surface area (Å²) < 4.78 is 36.1. The third-order valence-corrected chi connectivity index (χ3v) is 6.91. The van der Waals surface area contributed by atoms with Crippen LogP contribution in [0.2, 0.25) is 0 Å². The minimum atomic E-state index is -0.648. The highest BCUT2D eigenvalue weighted by Gasteiger charge is 2.27. The normalized spacial score (nSPS) is 18.1. The molecule has 180 valence electrons. The van der Waals surface area contributed by atoms with Gasteiger partial charge in [0.15, 0.2) is 5.82 Å². The number of nitrogens with one attached hydrogen (secondary N) is 2. The van der Waals surface area contributed by atoms with Crippen molar-refractivity contribution in [1.82, 2.24) is 30.5 Å². The van der Waals surface area contributed by atoms with Crippen LogP contribution in [-0.2, 0) is 17.6 Å². The summed E-state index contributed by atoms with van der Waals surface area (Å²) in [6.45, 7) is 2.94. The molecule has 2 N–H and O–H groups in total. The molecule has 3 aromatic heterocycles. The van der Waals surface area contributed by atoms with Crippen molar-refractivity contribution in [2.24, 2.45) is 0 Å². The van der Waals surface area contributed by atoms with Gasteiger partial charge in [0, 0.05) is 30.9 Å². The number of nitrogens with zero attached hydrogens (tertiary/aromatic N) is 5. The summed E-state index contributed by atoms with van der Waals surface area (Å²) in [5, 5.41) is 10.5. The molecule has 0 saturated carbocycles. The standard InChI is InChI=1S/C25H25F2N7O/c1-28-16-4-2-14-10-18(26)21(22(27)17(14)11-16)25-30-13-19-24(31-25)23(33-32-19)15-3-5-20(29-12-15)34-6-8-35-9-7-34/h3,5,10,12-13,16,28H,2,4,6-9,11H2,1H3,(H,32,33). The minimum absolute atomic E-state index is 0.00225. The summed E-state index contributed by atoms with van der Waals surface area (Å²) in [6.07, 6.45) is 5.24. The number of morpholine rings is 1. The fraction of sp³-hybridized carbons (Fsp3) is 0.360. The number of pyridine rings is 1. The summed E-state index contributed by atoms with van der Waals surface area (Å²) in [5.74, 6) is -0.362. The summed E-state index contributed by atoms with van der Waals surface area (Å²) in [5.41, 5.74) is 3.42. The molecular weight excluding hydrogens is 452 g/mol. The first-order chi connectivity index (χ1) is 17.1. The van der Waals surface area contributed by atoms with Gasteiger partial charge in [-0.2, -0.15) is 5.10 Å². The van der Waals surface area contributed by atoms with Gasteiger partial charge in [-0.15, -0.1) is 0 Å². The maximum absolute atomic E-state index is 15.6. The zero-order valence-corrected chi connectivity index (χ0v) is 19.3. The van der Waals surface area contributed by atoms with Crippen molar-refractivity contribution in [3.8, 4) is 22.6 Å². The average Bonchev–Trinajstić information content (AvgIpc) is 3.32. The molecule has 1 saturated heterocycles. The van der Waals surface area contributed by atoms with Crippen LogP contribution in [0.5, 0.6) is 0 Å². The van der Waals surface area contributed by atoms with Crippen LogP contribution in [0.4, 0.5) is 14.6 Å². The van der Waals surface area contributed by atoms with E-state index in [0.717, 1.165) is 30.9 Å². The van der Waals surface area contributed by atoms with Gasteiger partial charge in [-0.05, 0) is 55.6 Å². The lowest BCUT2D eigenvalue weighted by Gasteiger charge is -2.27. The maximum atomic E-state index is 15.6. The fourth-order valence-corrected chi connectivity index (χ4v) is 4.92. The summed E-state index contributed by atoms with van der Waals surface area (Å²) in [6, 6.07) is 5.45. The van der Waals surface area contributed by atoms with Crippen LogP contribution in [0.15, 0.2) is 30.6 Å². The van der Waals surface area contributed by atoms with E-state index in [4.69, 9.17) is 4.74 Å². The molecule has 1 fully saturated rings. The first-order valence-electron chi connectivity index (χ1n) is 11.8. The van der Waals surface area contributed by atoms with Crippen LogP contribution in [0.3, 0.4) is 0 Å². The van der Waals surface area contributed by atoms with Gasteiger partial charge in [-0.3, -0.25) is 5.10 Å². The second-order valence-corrected chi connectivity index (χ2v) is 8.95. The highest BCUT2D eigenvalue weighted by molar-refractivity contribution is 5.90. The van der Waals surface area contributed by atoms with Gasteiger partial charge in [0.05, 0.1) is 25.0 Å². The molecule has 1 aliphatic carbocycles. The number of benzene rings is 1. The third-order valence-electron chi connectivity index (χ3n) is 6.91. The van der Waals surface area contributed by atoms with Gasteiger partial charge < -0.3 is 15.0 Å². The Bertz CT molecular complexity index is 1380. The van der Waals surface area contributed by atoms with E-state index >= 15 is 8.78 Å². The van der Waals surface area contributed by atoms with Gasteiger partial charge in [-0.1, -0.05) is 0 Å². The molecule has 2 aliphatic rings. The lowest BCUT2D eigenvalue weighted by atomic mass is 9.86. The predicted molar refractivity (Wildman–Crippen MR) is 128 cm³/mol. The lowest BCUT2D eigenvalue weighted by Crippen LogP contribution is -2.36. The van der Waals surface area contributed by atoms with Crippen molar-refractivity contribution >= 4 is 16.9 Å². The Morgan fingerprint density at radius 2 is 2.00 bits per heavy atom. The number of hydrogen-bond donors (Lipinski definition) is 2. The third kappa shape index (κ3) is 3.92. The molecule has 1 atom stereocenters. The van der Waals surface area contributed by atoms with Gasteiger partial charge in [-0.25, -0.2) is 23.7 Å². The lowest BCUT2D eigenvalue weighted by molar-refractivity contribution is 0.122. The van der Waals surface area contributed by atoms with E-state index < -0.39 is 11.6 Å². The van der Waals surface area contributed by atoms with E-state index in [1.807, 2.05) is 19.2 Å². The van der Waals surface area contributed by atoms with Crippen LogP contribution in [0.1, 0.15) is 17.5 Å². The summed E-state index contributed by atoms with van der Waals surface area (Å²) in [7, 11) is 1.86. The molecule has 0 spiro atoms. The second-order valence-electron chi connectivity index (χ2n) is 8.95. The monoisotopic (exact) mass is 477 g/mol. The molecule has 0 radical (unpaired) electrons. The van der Waals surface area contributed by atoms with Crippen molar-refractivity contribution in [3.63, 3.8) is 0 Å². The number of rotatable bonds is 4. The zero-order chi connectivity index (χ0) is 23.9. The number of ether oxygens (including phenoxy) is 1. The van der Waals surface area contributed by atoms with Gasteiger partial charge in [0.1, 0.15) is 34.2 Å². The number of H-pyrrole nitrogens is 1. The van der Waals surface area contributed by atoms with E-state index in [9.17, 15) is 0 Å². The van der Waals surface area contributed by atoms with E-state index in [0.29, 0.717) is 53.9 Å². The number of fused-ring (bicyclic) bond motifs is 2. The molecule has 0 bridgehead atoms. The first kappa shape index (κ1) is 22.0. The Labute approximate surface area is 200 Å². The van der Waals surface area contributed by atoms with Crippen molar-refractivity contribution in [2.45, 2.75) is 25.3 Å². The van der Waals surface area contributed by atoms with E-state index in [-0.39, 0.29) is 17.4 Å². The molecule has 1 unspecified atom stereocenters. The molecular formula is C25H25F2N7O. The topological polar surface area (TPSA) is 91.9 Å². The number of hydrogen-bond acceptors (Lipinski definition) is 7. The Kier molecular flexibility index (Phi) is 5.62. The quantitative estimate of drug-likeness (QED) is 0.466. The largest absolute Gasteiger partial charge is 0.378 e. The van der Waals surface area contributed by atoms with Gasteiger partial charge >= 0.3 is 0 Å². The van der Waals surface area contributed by atoms with Crippen molar-refractivity contribution < 1.29 is 13.5 Å². The number of halogens is 2. The second kappa shape index (κ2) is 8.94. The number of aromatic amines is 1. The Hall–Kier alpha value is -3.50. The molecule has 1 aromatic carbocycles. The van der Waals surface area contributed by atoms with E-state index in [2.05, 4.69) is 35.4 Å². The molecule has 35 heavy (non-hydrogen) atoms. The van der Waals surface area contributed by atoms with Crippen molar-refractivity contribution in [3.05, 3.63) is 53.4 Å². The molecule has 6 rings (SSSR count). The molecule has 10 heteroatoms. The van der Waals surface area contributed by atoms with Crippen LogP contribution >= 0.6 is 0 Å². The number of aryl methyl sites for hydroxylation is 1. The zero-order valence-electron chi connectivity index (χ0n) is 19.3. The van der Waals surface area contributed by atoms with E-state index in [1.165, 1.54) is 12.3 Å². The number of likely N-dealkylation sites (N-methyl/N-ethyl adjacent to an activating group) is 1. The smallest absolute Gasteiger partial charge is 0.165 e. The van der Waals surface area contributed by atoms with Crippen molar-refractivity contribution in [1.29, 1.82) is 0 Å². The fourth-order valence-electron chi connectivity index (χ4n) is 4.92. The highest BCUT2D eigenvalue weighted by atomic mass is 19.1. The first-order valence-corrected chi connectivity index (χ1v) is 11.8. The molecule has 0 amide bonds. The Morgan fingerprint density at radius 3 is 2.77 bits per heavy atom. The Balaban J connectivity index is 1.38. The van der Waals surface area contributed by atoms with Crippen LogP contribution in [0.25, 0.3) is 33.7 Å². The van der Waals surface area contributed by atoms with Crippen molar-refractivity contribution in [2.75, 3.05) is 38.3 Å². The van der Waals surface area contributed by atoms with Crippen LogP contribution < -0.4 is 10.2 Å². The Morgan fingerprint density at radius 1 is 1.14 bits per heavy atom. The maximum Gasteiger partial charge on any atom is 0.165 e. The SMILES string of the molecule is CNC1CCc2cc(F)c(-c3ncc4[nH]nc(-c5ccc(N6CCOCC6)nc5)c4n3)c(F)c2C1. The summed E-state index contributed by atoms with van der Waals surface area (Å²) >= 11 is 0. The number of anilines is 1. The van der Waals surface area contributed by atoms with Crippen LogP contribution in [-0.4, -0.2) is 64.5 Å². The molecule has 4 aromatic rings. The summed E-state index contributed by atoms with van der Waals surface area (Å²) in [4.78, 5) is 15.6. The van der Waals surface area contributed by atoms with Gasteiger partial charge in [0.2, 0.25) is 0 Å².